The maximum absolute atomic E-state index is 13.1. The Morgan fingerprint density at radius 3 is 2.79 bits per heavy atom. The predicted molar refractivity (Wildman–Crippen MR) is 99.0 cm³/mol. The highest BCUT2D eigenvalue weighted by Gasteiger charge is 2.48. The van der Waals surface area contributed by atoms with Gasteiger partial charge in [-0.05, 0) is 30.3 Å². The molecule has 1 N–H and O–H groups in total. The lowest BCUT2D eigenvalue weighted by Gasteiger charge is -2.34. The number of hydrogen-bond donors (Lipinski definition) is 1. The van der Waals surface area contributed by atoms with Crippen LogP contribution < -0.4 is 10.5 Å². The van der Waals surface area contributed by atoms with E-state index in [2.05, 4.69) is 4.98 Å². The second-order valence-electron chi connectivity index (χ2n) is 7.14. The Labute approximate surface area is 159 Å². The average molecular weight is 400 g/mol. The van der Waals surface area contributed by atoms with Crippen molar-refractivity contribution in [2.24, 2.45) is 0 Å². The fourth-order valence-electron chi connectivity index (χ4n) is 3.92. The summed E-state index contributed by atoms with van der Waals surface area (Å²) in [4.78, 5) is 26.4. The summed E-state index contributed by atoms with van der Waals surface area (Å²) in [5.74, 6) is -0.189. The van der Waals surface area contributed by atoms with Gasteiger partial charge in [0.05, 0.1) is 28.9 Å². The van der Waals surface area contributed by atoms with E-state index in [4.69, 9.17) is 9.15 Å². The van der Waals surface area contributed by atoms with E-state index in [9.17, 15) is 18.0 Å². The number of carbonyl (C=O) groups excluding carboxylic acids is 1. The van der Waals surface area contributed by atoms with Gasteiger partial charge in [0.25, 0.3) is 0 Å². The fourth-order valence-corrected chi connectivity index (χ4v) is 5.47. The molecule has 1 fully saturated rings. The van der Waals surface area contributed by atoms with E-state index in [1.165, 1.54) is 22.5 Å². The molecule has 0 radical (unpaired) electrons. The summed E-state index contributed by atoms with van der Waals surface area (Å²) in [7, 11) is -3.81. The summed E-state index contributed by atoms with van der Waals surface area (Å²) in [6.45, 7) is 0.340. The number of ether oxygens (including phenoxy) is 1. The number of aromatic nitrogens is 1. The third-order valence-corrected chi connectivity index (χ3v) is 7.15. The van der Waals surface area contributed by atoms with Gasteiger partial charge in [-0.2, -0.15) is 4.31 Å². The summed E-state index contributed by atoms with van der Waals surface area (Å²) in [5, 5.41) is 0. The Bertz CT molecular complexity index is 1270. The van der Waals surface area contributed by atoms with Gasteiger partial charge >= 0.3 is 5.76 Å². The molecule has 0 aliphatic carbocycles. The molecule has 1 spiro atoms. The van der Waals surface area contributed by atoms with Crippen molar-refractivity contribution in [1.29, 1.82) is 0 Å². The maximum atomic E-state index is 13.1. The van der Waals surface area contributed by atoms with E-state index in [1.54, 1.807) is 24.3 Å². The minimum atomic E-state index is -3.81. The Morgan fingerprint density at radius 1 is 1.11 bits per heavy atom. The van der Waals surface area contributed by atoms with Crippen LogP contribution in [0.4, 0.5) is 0 Å². The highest BCUT2D eigenvalue weighted by atomic mass is 32.2. The first-order chi connectivity index (χ1) is 13.4. The summed E-state index contributed by atoms with van der Waals surface area (Å²) in [6, 6.07) is 11.2. The second kappa shape index (κ2) is 5.79. The predicted octanol–water partition coefficient (Wildman–Crippen LogP) is 1.92. The molecule has 2 aromatic carbocycles. The van der Waals surface area contributed by atoms with Crippen LogP contribution in [0, 0.1) is 0 Å². The van der Waals surface area contributed by atoms with E-state index < -0.39 is 21.4 Å². The normalized spacial score (nSPS) is 22.5. The number of rotatable bonds is 2. The number of oxazole rings is 1. The monoisotopic (exact) mass is 400 g/mol. The Kier molecular flexibility index (Phi) is 3.56. The first kappa shape index (κ1) is 17.2. The molecule has 1 atom stereocenters. The number of hydrogen-bond acceptors (Lipinski definition) is 6. The van der Waals surface area contributed by atoms with Crippen molar-refractivity contribution in [3.05, 3.63) is 58.6 Å². The zero-order valence-electron chi connectivity index (χ0n) is 14.7. The topological polar surface area (TPSA) is 110 Å². The number of Topliss-reactive ketones (excluding diaryl/α,β-unsaturated/α-hetero) is 1. The minimum Gasteiger partial charge on any atom is -0.485 e. The average Bonchev–Trinajstić information content (AvgIpc) is 3.24. The molecular weight excluding hydrogens is 384 g/mol. The van der Waals surface area contributed by atoms with Crippen LogP contribution in [0.1, 0.15) is 23.2 Å². The Balaban J connectivity index is 1.46. The third kappa shape index (κ3) is 2.58. The second-order valence-corrected chi connectivity index (χ2v) is 9.08. The minimum absolute atomic E-state index is 0.0431. The molecule has 1 unspecified atom stereocenters. The lowest BCUT2D eigenvalue weighted by Crippen LogP contribution is -2.45. The van der Waals surface area contributed by atoms with Crippen molar-refractivity contribution in [2.45, 2.75) is 23.3 Å². The molecule has 144 valence electrons. The van der Waals surface area contributed by atoms with E-state index in [-0.39, 0.29) is 30.2 Å². The molecule has 3 heterocycles. The quantitative estimate of drug-likeness (QED) is 0.704. The number of aromatic amines is 1. The molecule has 3 aromatic rings. The van der Waals surface area contributed by atoms with Crippen LogP contribution in [0.2, 0.25) is 0 Å². The van der Waals surface area contributed by atoms with Gasteiger partial charge in [-0.3, -0.25) is 9.78 Å². The van der Waals surface area contributed by atoms with Gasteiger partial charge in [-0.15, -0.1) is 0 Å². The fraction of sp³-hybridized carbons (Fsp3) is 0.263. The highest BCUT2D eigenvalue weighted by molar-refractivity contribution is 7.89. The van der Waals surface area contributed by atoms with E-state index in [0.29, 0.717) is 28.8 Å². The molecule has 1 saturated heterocycles. The van der Waals surface area contributed by atoms with Gasteiger partial charge in [0.1, 0.15) is 11.4 Å². The van der Waals surface area contributed by atoms with Crippen LogP contribution >= 0.6 is 0 Å². The molecule has 2 aliphatic heterocycles. The first-order valence-electron chi connectivity index (χ1n) is 8.81. The number of ketones is 1. The molecule has 8 nitrogen and oxygen atoms in total. The van der Waals surface area contributed by atoms with Crippen molar-refractivity contribution in [3.63, 3.8) is 0 Å². The Morgan fingerprint density at radius 2 is 1.93 bits per heavy atom. The van der Waals surface area contributed by atoms with Crippen molar-refractivity contribution in [3.8, 4) is 5.75 Å². The summed E-state index contributed by atoms with van der Waals surface area (Å²) < 4.78 is 38.5. The van der Waals surface area contributed by atoms with Crippen LogP contribution in [-0.2, 0) is 10.0 Å². The molecule has 1 aromatic heterocycles. The zero-order chi connectivity index (χ0) is 19.5. The van der Waals surface area contributed by atoms with Gasteiger partial charge in [0.2, 0.25) is 10.0 Å². The van der Waals surface area contributed by atoms with E-state index in [1.807, 2.05) is 0 Å². The highest BCUT2D eigenvalue weighted by Crippen LogP contribution is 2.40. The van der Waals surface area contributed by atoms with Gasteiger partial charge < -0.3 is 9.15 Å². The van der Waals surface area contributed by atoms with E-state index in [0.717, 1.165) is 0 Å². The standard InChI is InChI=1S/C19H16N2O6S/c22-15-10-19(27-16-4-2-1-3-13(15)16)7-8-21(11-19)28(24,25)12-5-6-17-14(9-12)20-18(23)26-17/h1-6,9H,7-8,10-11H2,(H,20,23). The van der Waals surface area contributed by atoms with Crippen LogP contribution in [0.5, 0.6) is 5.75 Å². The lowest BCUT2D eigenvalue weighted by molar-refractivity contribution is 0.0498. The molecule has 9 heteroatoms. The first-order valence-corrected chi connectivity index (χ1v) is 10.2. The number of para-hydroxylation sites is 1. The molecule has 0 bridgehead atoms. The molecule has 2 aliphatic rings. The van der Waals surface area contributed by atoms with Crippen LogP contribution in [0.25, 0.3) is 11.1 Å². The smallest absolute Gasteiger partial charge is 0.417 e. The summed E-state index contributed by atoms with van der Waals surface area (Å²) >= 11 is 0. The van der Waals surface area contributed by atoms with E-state index >= 15 is 0 Å². The zero-order valence-corrected chi connectivity index (χ0v) is 15.5. The van der Waals surface area contributed by atoms with Crippen LogP contribution in [-0.4, -0.2) is 42.2 Å². The molecule has 5 rings (SSSR count). The SMILES string of the molecule is O=C1CC2(CCN(S(=O)(=O)c3ccc4oc(=O)[nH]c4c3)C2)Oc2ccccc21. The largest absolute Gasteiger partial charge is 0.485 e. The van der Waals surface area contributed by atoms with Gasteiger partial charge in [-0.25, -0.2) is 13.2 Å². The maximum Gasteiger partial charge on any atom is 0.417 e. The van der Waals surface area contributed by atoms with Gasteiger partial charge in [0, 0.05) is 13.0 Å². The number of sulfonamides is 1. The van der Waals surface area contributed by atoms with Crippen molar-refractivity contribution in [1.82, 2.24) is 9.29 Å². The van der Waals surface area contributed by atoms with Gasteiger partial charge in [-0.1, -0.05) is 12.1 Å². The molecule has 0 saturated carbocycles. The lowest BCUT2D eigenvalue weighted by atomic mass is 9.89. The van der Waals surface area contributed by atoms with Crippen molar-refractivity contribution < 1.29 is 22.4 Å². The summed E-state index contributed by atoms with van der Waals surface area (Å²) in [5.41, 5.74) is 0.286. The number of H-pyrrole nitrogens is 1. The van der Waals surface area contributed by atoms with Crippen molar-refractivity contribution in [2.75, 3.05) is 13.1 Å². The number of nitrogens with zero attached hydrogens (tertiary/aromatic N) is 1. The number of benzene rings is 2. The molecule has 28 heavy (non-hydrogen) atoms. The molecule has 0 amide bonds. The van der Waals surface area contributed by atoms with Crippen LogP contribution in [0.3, 0.4) is 0 Å². The number of carbonyl (C=O) groups is 1. The van der Waals surface area contributed by atoms with Crippen molar-refractivity contribution >= 4 is 26.9 Å². The van der Waals surface area contributed by atoms with Gasteiger partial charge in [0.15, 0.2) is 11.4 Å². The summed E-state index contributed by atoms with van der Waals surface area (Å²) in [6.07, 6.45) is 0.571. The third-order valence-electron chi connectivity index (χ3n) is 5.31. The number of fused-ring (bicyclic) bond motifs is 2. The Hall–Kier alpha value is -2.91. The molecular formula is C19H16N2O6S. The number of nitrogens with one attached hydrogen (secondary N) is 1. The van der Waals surface area contributed by atoms with Crippen LogP contribution in [0.15, 0.2) is 56.6 Å².